The molecule has 20 heavy (non-hydrogen) atoms. The predicted octanol–water partition coefficient (Wildman–Crippen LogP) is 3.48. The Labute approximate surface area is 122 Å². The van der Waals surface area contributed by atoms with Crippen molar-refractivity contribution in [2.24, 2.45) is 11.3 Å². The second-order valence-corrected chi connectivity index (χ2v) is 6.94. The standard InChI is InChI=1S/C17H28N2O/c1-13-5-7-14(8-6-13)15(19-18)17(20-4)11-9-16(2,3)10-12-17/h5-8,15,19H,9-12,18H2,1-4H3. The Kier molecular flexibility index (Phi) is 4.52. The number of nitrogens with one attached hydrogen (secondary N) is 1. The van der Waals surface area contributed by atoms with Crippen LogP contribution < -0.4 is 11.3 Å². The maximum Gasteiger partial charge on any atom is 0.0885 e. The fraction of sp³-hybridized carbons (Fsp3) is 0.647. The van der Waals surface area contributed by atoms with Gasteiger partial charge in [-0.25, -0.2) is 0 Å². The summed E-state index contributed by atoms with van der Waals surface area (Å²) < 4.78 is 5.97. The number of hydrazine groups is 1. The van der Waals surface area contributed by atoms with Gasteiger partial charge in [-0.05, 0) is 43.6 Å². The fourth-order valence-electron chi connectivity index (χ4n) is 3.27. The first-order valence-electron chi connectivity index (χ1n) is 7.50. The molecular weight excluding hydrogens is 248 g/mol. The van der Waals surface area contributed by atoms with Crippen LogP contribution in [-0.2, 0) is 4.74 Å². The van der Waals surface area contributed by atoms with Gasteiger partial charge in [0.25, 0.3) is 0 Å². The summed E-state index contributed by atoms with van der Waals surface area (Å²) in [6, 6.07) is 8.62. The van der Waals surface area contributed by atoms with Gasteiger partial charge in [-0.3, -0.25) is 11.3 Å². The summed E-state index contributed by atoms with van der Waals surface area (Å²) in [6.07, 6.45) is 4.42. The van der Waals surface area contributed by atoms with Gasteiger partial charge in [0.2, 0.25) is 0 Å². The second-order valence-electron chi connectivity index (χ2n) is 6.94. The molecule has 1 aromatic rings. The number of benzene rings is 1. The summed E-state index contributed by atoms with van der Waals surface area (Å²) in [5.74, 6) is 5.87. The highest BCUT2D eigenvalue weighted by Gasteiger charge is 2.44. The Morgan fingerprint density at radius 3 is 2.10 bits per heavy atom. The lowest BCUT2D eigenvalue weighted by molar-refractivity contribution is -0.0877. The minimum atomic E-state index is -0.195. The molecule has 112 valence electrons. The third-order valence-electron chi connectivity index (χ3n) is 4.96. The van der Waals surface area contributed by atoms with Crippen molar-refractivity contribution in [3.05, 3.63) is 35.4 Å². The van der Waals surface area contributed by atoms with E-state index in [0.29, 0.717) is 5.41 Å². The van der Waals surface area contributed by atoms with Gasteiger partial charge in [-0.1, -0.05) is 43.7 Å². The topological polar surface area (TPSA) is 47.3 Å². The van der Waals surface area contributed by atoms with Crippen LogP contribution in [0.2, 0.25) is 0 Å². The molecule has 0 heterocycles. The normalized spacial score (nSPS) is 22.4. The first-order valence-corrected chi connectivity index (χ1v) is 7.50. The molecule has 0 amide bonds. The highest BCUT2D eigenvalue weighted by molar-refractivity contribution is 5.26. The quantitative estimate of drug-likeness (QED) is 0.654. The summed E-state index contributed by atoms with van der Waals surface area (Å²) in [5.41, 5.74) is 5.69. The molecule has 2 rings (SSSR count). The van der Waals surface area contributed by atoms with Crippen LogP contribution >= 0.6 is 0 Å². The second kappa shape index (κ2) is 5.84. The molecule has 1 saturated carbocycles. The van der Waals surface area contributed by atoms with Gasteiger partial charge in [0.1, 0.15) is 0 Å². The molecule has 1 aromatic carbocycles. The van der Waals surface area contributed by atoms with Gasteiger partial charge in [0.15, 0.2) is 0 Å². The molecule has 0 aromatic heterocycles. The maximum atomic E-state index is 5.97. The van der Waals surface area contributed by atoms with Crippen LogP contribution in [0.25, 0.3) is 0 Å². The Morgan fingerprint density at radius 2 is 1.65 bits per heavy atom. The van der Waals surface area contributed by atoms with E-state index in [1.54, 1.807) is 0 Å². The van der Waals surface area contributed by atoms with Crippen molar-refractivity contribution in [2.45, 2.75) is 58.1 Å². The zero-order chi connectivity index (χ0) is 14.8. The number of rotatable bonds is 4. The largest absolute Gasteiger partial charge is 0.376 e. The van der Waals surface area contributed by atoms with Gasteiger partial charge in [0.05, 0.1) is 11.6 Å². The van der Waals surface area contributed by atoms with Gasteiger partial charge in [0, 0.05) is 7.11 Å². The van der Waals surface area contributed by atoms with E-state index in [1.165, 1.54) is 24.0 Å². The average molecular weight is 276 g/mol. The molecule has 3 nitrogen and oxygen atoms in total. The first kappa shape index (κ1) is 15.5. The summed E-state index contributed by atoms with van der Waals surface area (Å²) in [4.78, 5) is 0. The Hall–Kier alpha value is -0.900. The minimum Gasteiger partial charge on any atom is -0.376 e. The summed E-state index contributed by atoms with van der Waals surface area (Å²) >= 11 is 0. The molecule has 0 spiro atoms. The van der Waals surface area contributed by atoms with Crippen LogP contribution in [-0.4, -0.2) is 12.7 Å². The zero-order valence-electron chi connectivity index (χ0n) is 13.2. The van der Waals surface area contributed by atoms with Gasteiger partial charge in [-0.2, -0.15) is 0 Å². The van der Waals surface area contributed by atoms with Crippen molar-refractivity contribution < 1.29 is 4.74 Å². The van der Waals surface area contributed by atoms with Crippen LogP contribution in [0.15, 0.2) is 24.3 Å². The molecule has 0 saturated heterocycles. The van der Waals surface area contributed by atoms with E-state index in [0.717, 1.165) is 12.8 Å². The zero-order valence-corrected chi connectivity index (χ0v) is 13.2. The number of nitrogens with two attached hydrogens (primary N) is 1. The van der Waals surface area contributed by atoms with Crippen LogP contribution in [0.5, 0.6) is 0 Å². The smallest absolute Gasteiger partial charge is 0.0885 e. The monoisotopic (exact) mass is 276 g/mol. The first-order chi connectivity index (χ1) is 9.42. The number of aryl methyl sites for hydroxylation is 1. The van der Waals surface area contributed by atoms with Crippen LogP contribution in [0, 0.1) is 12.3 Å². The third-order valence-corrected chi connectivity index (χ3v) is 4.96. The van der Waals surface area contributed by atoms with E-state index in [2.05, 4.69) is 50.5 Å². The number of methoxy groups -OCH3 is 1. The minimum absolute atomic E-state index is 0.0456. The highest BCUT2D eigenvalue weighted by atomic mass is 16.5. The number of ether oxygens (including phenoxy) is 1. The van der Waals surface area contributed by atoms with Crippen molar-refractivity contribution in [1.82, 2.24) is 5.43 Å². The predicted molar refractivity (Wildman–Crippen MR) is 83.2 cm³/mol. The Balaban J connectivity index is 2.26. The molecule has 1 unspecified atom stereocenters. The average Bonchev–Trinajstić information content (AvgIpc) is 2.44. The molecule has 0 aliphatic heterocycles. The maximum absolute atomic E-state index is 5.97. The van der Waals surface area contributed by atoms with Crippen molar-refractivity contribution >= 4 is 0 Å². The summed E-state index contributed by atoms with van der Waals surface area (Å²) in [5, 5.41) is 0. The van der Waals surface area contributed by atoms with Gasteiger partial charge >= 0.3 is 0 Å². The highest BCUT2D eigenvalue weighted by Crippen LogP contribution is 2.47. The molecule has 0 bridgehead atoms. The van der Waals surface area contributed by atoms with E-state index in [1.807, 2.05) is 7.11 Å². The lowest BCUT2D eigenvalue weighted by atomic mass is 9.67. The van der Waals surface area contributed by atoms with Gasteiger partial charge in [-0.15, -0.1) is 0 Å². The third kappa shape index (κ3) is 3.05. The Morgan fingerprint density at radius 1 is 1.10 bits per heavy atom. The lowest BCUT2D eigenvalue weighted by Gasteiger charge is -2.47. The molecule has 1 atom stereocenters. The SMILES string of the molecule is COC1(C(NN)c2ccc(C)cc2)CCC(C)(C)CC1. The van der Waals surface area contributed by atoms with Crippen molar-refractivity contribution in [1.29, 1.82) is 0 Å². The fourth-order valence-corrected chi connectivity index (χ4v) is 3.27. The van der Waals surface area contributed by atoms with Gasteiger partial charge < -0.3 is 4.74 Å². The number of hydrogen-bond donors (Lipinski definition) is 2. The summed E-state index contributed by atoms with van der Waals surface area (Å²) in [7, 11) is 1.82. The molecule has 1 aliphatic carbocycles. The van der Waals surface area contributed by atoms with E-state index >= 15 is 0 Å². The molecular formula is C17H28N2O. The lowest BCUT2D eigenvalue weighted by Crippen LogP contribution is -2.51. The number of hydrogen-bond acceptors (Lipinski definition) is 3. The van der Waals surface area contributed by atoms with Crippen LogP contribution in [0.3, 0.4) is 0 Å². The van der Waals surface area contributed by atoms with E-state index < -0.39 is 0 Å². The summed E-state index contributed by atoms with van der Waals surface area (Å²) in [6.45, 7) is 6.77. The van der Waals surface area contributed by atoms with Crippen molar-refractivity contribution in [3.8, 4) is 0 Å². The molecule has 1 fully saturated rings. The van der Waals surface area contributed by atoms with Crippen LogP contribution in [0.1, 0.15) is 56.7 Å². The molecule has 3 heteroatoms. The molecule has 0 radical (unpaired) electrons. The molecule has 1 aliphatic rings. The van der Waals surface area contributed by atoms with E-state index in [4.69, 9.17) is 10.6 Å². The van der Waals surface area contributed by atoms with E-state index in [-0.39, 0.29) is 11.6 Å². The van der Waals surface area contributed by atoms with Crippen LogP contribution in [0.4, 0.5) is 0 Å². The molecule has 3 N–H and O–H groups in total. The van der Waals surface area contributed by atoms with Crippen molar-refractivity contribution in [2.75, 3.05) is 7.11 Å². The Bertz CT molecular complexity index is 429. The van der Waals surface area contributed by atoms with Crippen molar-refractivity contribution in [3.63, 3.8) is 0 Å². The van der Waals surface area contributed by atoms with E-state index in [9.17, 15) is 0 Å².